The normalized spacial score (nSPS) is 14.8. The Hall–Kier alpha value is -0.580. The van der Waals surface area contributed by atoms with Crippen LogP contribution in [0.2, 0.25) is 0 Å². The largest absolute Gasteiger partial charge is 0.383 e. The number of benzene rings is 1. The minimum Gasteiger partial charge on any atom is -0.383 e. The lowest BCUT2D eigenvalue weighted by molar-refractivity contribution is 0.205. The van der Waals surface area contributed by atoms with Gasteiger partial charge in [-0.3, -0.25) is 0 Å². The van der Waals surface area contributed by atoms with Crippen LogP contribution in [0.25, 0.3) is 0 Å². The van der Waals surface area contributed by atoms with E-state index >= 15 is 0 Å². The van der Waals surface area contributed by atoms with Crippen LogP contribution in [-0.4, -0.2) is 33.4 Å². The maximum Gasteiger partial charge on any atom is 0.0637 e. The zero-order valence-electron chi connectivity index (χ0n) is 11.1. The number of rotatable bonds is 7. The van der Waals surface area contributed by atoms with Crippen LogP contribution in [0.4, 0.5) is 5.69 Å². The van der Waals surface area contributed by atoms with Crippen molar-refractivity contribution in [2.45, 2.75) is 25.4 Å². The van der Waals surface area contributed by atoms with Gasteiger partial charge in [-0.05, 0) is 53.5 Å². The van der Waals surface area contributed by atoms with Crippen molar-refractivity contribution in [1.29, 1.82) is 0 Å². The average molecular weight is 313 g/mol. The van der Waals surface area contributed by atoms with E-state index in [0.29, 0.717) is 6.04 Å². The minimum atomic E-state index is 0.701. The van der Waals surface area contributed by atoms with Gasteiger partial charge in [-0.2, -0.15) is 0 Å². The molecule has 2 rings (SSSR count). The Morgan fingerprint density at radius 3 is 2.78 bits per heavy atom. The van der Waals surface area contributed by atoms with Gasteiger partial charge in [-0.1, -0.05) is 6.07 Å². The van der Waals surface area contributed by atoms with E-state index in [1.54, 1.807) is 7.11 Å². The summed E-state index contributed by atoms with van der Waals surface area (Å²) >= 11 is 3.70. The molecule has 1 aromatic carbocycles. The third-order valence-corrected chi connectivity index (χ3v) is 3.86. The molecule has 1 aromatic rings. The molecule has 3 nitrogen and oxygen atoms in total. The van der Waals surface area contributed by atoms with Gasteiger partial charge in [0, 0.05) is 30.7 Å². The van der Waals surface area contributed by atoms with E-state index < -0.39 is 0 Å². The Morgan fingerprint density at radius 1 is 1.44 bits per heavy atom. The van der Waals surface area contributed by atoms with Crippen LogP contribution in [0.15, 0.2) is 22.7 Å². The zero-order chi connectivity index (χ0) is 13.0. The Labute approximate surface area is 118 Å². The van der Waals surface area contributed by atoms with E-state index in [9.17, 15) is 0 Å². The topological polar surface area (TPSA) is 24.5 Å². The second-order valence-electron chi connectivity index (χ2n) is 4.73. The fraction of sp³-hybridized carbons (Fsp3) is 0.571. The first-order valence-corrected chi connectivity index (χ1v) is 7.24. The molecule has 4 heteroatoms. The number of halogens is 1. The molecule has 0 amide bonds. The van der Waals surface area contributed by atoms with Gasteiger partial charge in [0.1, 0.15) is 0 Å². The van der Waals surface area contributed by atoms with Crippen LogP contribution in [-0.2, 0) is 11.3 Å². The quantitative estimate of drug-likeness (QED) is 0.838. The number of ether oxygens (including phenoxy) is 1. The van der Waals surface area contributed by atoms with Crippen LogP contribution in [0.1, 0.15) is 18.4 Å². The summed E-state index contributed by atoms with van der Waals surface area (Å²) in [6, 6.07) is 7.31. The Kier molecular flexibility index (Phi) is 5.03. The Balaban J connectivity index is 2.13. The van der Waals surface area contributed by atoms with E-state index in [0.717, 1.165) is 19.7 Å². The molecule has 0 radical (unpaired) electrons. The van der Waals surface area contributed by atoms with E-state index in [4.69, 9.17) is 4.74 Å². The lowest BCUT2D eigenvalue weighted by Crippen LogP contribution is -2.29. The molecule has 1 aliphatic carbocycles. The highest BCUT2D eigenvalue weighted by Crippen LogP contribution is 2.36. The standard InChI is InChI=1S/C14H21BrN2O/c1-16-10-11-3-6-14(13(15)9-11)17(7-8-18-2)12-4-5-12/h3,6,9,12,16H,4-5,7-8,10H2,1-2H3. The molecule has 0 saturated heterocycles. The zero-order valence-corrected chi connectivity index (χ0v) is 12.7. The molecule has 1 aliphatic rings. The van der Waals surface area contributed by atoms with Crippen LogP contribution in [0.5, 0.6) is 0 Å². The fourth-order valence-corrected chi connectivity index (χ4v) is 2.83. The highest BCUT2D eigenvalue weighted by atomic mass is 79.9. The van der Waals surface area contributed by atoms with Gasteiger partial charge in [0.2, 0.25) is 0 Å². The number of hydrogen-bond donors (Lipinski definition) is 1. The van der Waals surface area contributed by atoms with Gasteiger partial charge >= 0.3 is 0 Å². The number of nitrogens with one attached hydrogen (secondary N) is 1. The van der Waals surface area contributed by atoms with E-state index in [2.05, 4.69) is 44.3 Å². The molecule has 18 heavy (non-hydrogen) atoms. The molecule has 1 fully saturated rings. The highest BCUT2D eigenvalue weighted by molar-refractivity contribution is 9.10. The van der Waals surface area contributed by atoms with Crippen LogP contribution in [0.3, 0.4) is 0 Å². The first-order chi connectivity index (χ1) is 8.76. The number of nitrogens with zero attached hydrogens (tertiary/aromatic N) is 1. The first kappa shape index (κ1) is 13.8. The molecule has 0 aliphatic heterocycles. The molecule has 1 N–H and O–H groups in total. The Morgan fingerprint density at radius 2 is 2.22 bits per heavy atom. The Bertz CT molecular complexity index is 393. The van der Waals surface area contributed by atoms with Crippen molar-refractivity contribution in [3.8, 4) is 0 Å². The molecule has 0 unspecified atom stereocenters. The molecular weight excluding hydrogens is 292 g/mol. The minimum absolute atomic E-state index is 0.701. The van der Waals surface area contributed by atoms with Crippen molar-refractivity contribution >= 4 is 21.6 Å². The lowest BCUT2D eigenvalue weighted by Gasteiger charge is -2.26. The summed E-state index contributed by atoms with van der Waals surface area (Å²) < 4.78 is 6.39. The highest BCUT2D eigenvalue weighted by Gasteiger charge is 2.29. The predicted octanol–water partition coefficient (Wildman–Crippen LogP) is 2.78. The van der Waals surface area contributed by atoms with Gasteiger partial charge in [-0.15, -0.1) is 0 Å². The van der Waals surface area contributed by atoms with E-state index in [1.165, 1.54) is 28.6 Å². The van der Waals surface area contributed by atoms with Crippen LogP contribution in [0, 0.1) is 0 Å². The molecular formula is C14H21BrN2O. The summed E-state index contributed by atoms with van der Waals surface area (Å²) in [6.45, 7) is 2.65. The SMILES string of the molecule is CNCc1ccc(N(CCOC)C2CC2)c(Br)c1. The molecule has 0 atom stereocenters. The molecule has 0 heterocycles. The second-order valence-corrected chi connectivity index (χ2v) is 5.59. The number of methoxy groups -OCH3 is 1. The maximum absolute atomic E-state index is 5.21. The third kappa shape index (κ3) is 3.46. The van der Waals surface area contributed by atoms with Crippen molar-refractivity contribution in [2.75, 3.05) is 32.2 Å². The summed E-state index contributed by atoms with van der Waals surface area (Å²) in [5.74, 6) is 0. The average Bonchev–Trinajstić information content (AvgIpc) is 3.17. The fourth-order valence-electron chi connectivity index (χ4n) is 2.17. The number of hydrogen-bond acceptors (Lipinski definition) is 3. The summed E-state index contributed by atoms with van der Waals surface area (Å²) in [5.41, 5.74) is 2.59. The van der Waals surface area contributed by atoms with Crippen molar-refractivity contribution in [1.82, 2.24) is 5.32 Å². The van der Waals surface area contributed by atoms with Gasteiger partial charge < -0.3 is 15.0 Å². The van der Waals surface area contributed by atoms with E-state index in [1.807, 2.05) is 7.05 Å². The van der Waals surface area contributed by atoms with Crippen molar-refractivity contribution < 1.29 is 4.74 Å². The van der Waals surface area contributed by atoms with Crippen LogP contribution >= 0.6 is 15.9 Å². The first-order valence-electron chi connectivity index (χ1n) is 6.45. The second kappa shape index (κ2) is 6.55. The number of anilines is 1. The van der Waals surface area contributed by atoms with Gasteiger partial charge in [0.25, 0.3) is 0 Å². The van der Waals surface area contributed by atoms with Gasteiger partial charge in [0.05, 0.1) is 12.3 Å². The lowest BCUT2D eigenvalue weighted by atomic mass is 10.2. The van der Waals surface area contributed by atoms with Crippen molar-refractivity contribution in [3.05, 3.63) is 28.2 Å². The molecule has 0 spiro atoms. The monoisotopic (exact) mass is 312 g/mol. The predicted molar refractivity (Wildman–Crippen MR) is 79.1 cm³/mol. The van der Waals surface area contributed by atoms with Crippen molar-refractivity contribution in [2.24, 2.45) is 0 Å². The summed E-state index contributed by atoms with van der Waals surface area (Å²) in [4.78, 5) is 2.46. The van der Waals surface area contributed by atoms with Crippen molar-refractivity contribution in [3.63, 3.8) is 0 Å². The van der Waals surface area contributed by atoms with E-state index in [-0.39, 0.29) is 0 Å². The third-order valence-electron chi connectivity index (χ3n) is 3.23. The van der Waals surface area contributed by atoms with Gasteiger partial charge in [0.15, 0.2) is 0 Å². The summed E-state index contributed by atoms with van der Waals surface area (Å²) in [6.07, 6.45) is 2.60. The maximum atomic E-state index is 5.21. The summed E-state index contributed by atoms with van der Waals surface area (Å²) in [5, 5.41) is 3.17. The van der Waals surface area contributed by atoms with Gasteiger partial charge in [-0.25, -0.2) is 0 Å². The molecule has 100 valence electrons. The summed E-state index contributed by atoms with van der Waals surface area (Å²) in [7, 11) is 3.73. The molecule has 0 aromatic heterocycles. The van der Waals surface area contributed by atoms with Crippen LogP contribution < -0.4 is 10.2 Å². The molecule has 0 bridgehead atoms. The molecule has 1 saturated carbocycles. The smallest absolute Gasteiger partial charge is 0.0637 e.